The predicted octanol–water partition coefficient (Wildman–Crippen LogP) is 3.83. The fourth-order valence-corrected chi connectivity index (χ4v) is 3.50. The molecule has 1 aromatic heterocycles. The van der Waals surface area contributed by atoms with Crippen molar-refractivity contribution in [3.63, 3.8) is 0 Å². The number of halogens is 1. The van der Waals surface area contributed by atoms with E-state index < -0.39 is 0 Å². The zero-order valence-corrected chi connectivity index (χ0v) is 14.1. The number of ether oxygens (including phenoxy) is 1. The van der Waals surface area contributed by atoms with E-state index in [1.807, 2.05) is 29.5 Å². The number of hydrogen-bond acceptors (Lipinski definition) is 4. The number of methoxy groups -OCH3 is 1. The first-order valence-electron chi connectivity index (χ1n) is 6.55. The molecule has 5 heteroatoms. The van der Waals surface area contributed by atoms with Crippen LogP contribution in [0.4, 0.5) is 0 Å². The third kappa shape index (κ3) is 3.61. The first-order valence-corrected chi connectivity index (χ1v) is 8.16. The lowest BCUT2D eigenvalue weighted by atomic mass is 10.0. The molecule has 0 radical (unpaired) electrons. The summed E-state index contributed by atoms with van der Waals surface area (Å²) >= 11 is 5.30. The maximum atomic E-state index is 5.74. The standard InChI is InChI=1S/C15H19BrN2OS/c1-3-11-5-6-12(20-11)9-14(18-17)13-7-4-10(16)8-15(13)19-2/h4-8,14,18H,3,9,17H2,1-2H3. The summed E-state index contributed by atoms with van der Waals surface area (Å²) in [5, 5.41) is 0. The largest absolute Gasteiger partial charge is 0.496 e. The van der Waals surface area contributed by atoms with Crippen LogP contribution in [0.3, 0.4) is 0 Å². The van der Waals surface area contributed by atoms with E-state index in [0.29, 0.717) is 0 Å². The molecule has 1 aromatic carbocycles. The molecule has 0 amide bonds. The number of rotatable bonds is 6. The molecule has 1 heterocycles. The molecule has 0 saturated carbocycles. The second-order valence-electron chi connectivity index (χ2n) is 4.53. The van der Waals surface area contributed by atoms with Gasteiger partial charge >= 0.3 is 0 Å². The molecule has 0 aliphatic rings. The highest BCUT2D eigenvalue weighted by molar-refractivity contribution is 9.10. The molecule has 0 bridgehead atoms. The Labute approximate surface area is 132 Å². The lowest BCUT2D eigenvalue weighted by Crippen LogP contribution is -2.29. The molecule has 20 heavy (non-hydrogen) atoms. The minimum atomic E-state index is 0.0430. The molecule has 108 valence electrons. The van der Waals surface area contributed by atoms with Crippen LogP contribution in [-0.4, -0.2) is 7.11 Å². The van der Waals surface area contributed by atoms with Gasteiger partial charge in [0.25, 0.3) is 0 Å². The van der Waals surface area contributed by atoms with Crippen molar-refractivity contribution in [2.24, 2.45) is 5.84 Å². The third-order valence-corrected chi connectivity index (χ3v) is 4.99. The molecule has 3 nitrogen and oxygen atoms in total. The molecular weight excluding hydrogens is 336 g/mol. The van der Waals surface area contributed by atoms with E-state index in [-0.39, 0.29) is 6.04 Å². The molecule has 2 aromatic rings. The average molecular weight is 355 g/mol. The first-order chi connectivity index (χ1) is 9.67. The molecule has 1 atom stereocenters. The minimum absolute atomic E-state index is 0.0430. The Hall–Kier alpha value is -0.880. The summed E-state index contributed by atoms with van der Waals surface area (Å²) in [4.78, 5) is 2.73. The van der Waals surface area contributed by atoms with E-state index in [1.165, 1.54) is 9.75 Å². The van der Waals surface area contributed by atoms with Gasteiger partial charge in [0.2, 0.25) is 0 Å². The second-order valence-corrected chi connectivity index (χ2v) is 6.70. The molecule has 0 fully saturated rings. The van der Waals surface area contributed by atoms with Gasteiger partial charge in [0.1, 0.15) is 5.75 Å². The summed E-state index contributed by atoms with van der Waals surface area (Å²) in [5.74, 6) is 6.58. The Morgan fingerprint density at radius 3 is 2.65 bits per heavy atom. The quantitative estimate of drug-likeness (QED) is 0.612. The van der Waals surface area contributed by atoms with Crippen molar-refractivity contribution in [2.45, 2.75) is 25.8 Å². The number of benzene rings is 1. The van der Waals surface area contributed by atoms with Crippen molar-refractivity contribution in [3.05, 3.63) is 50.1 Å². The summed E-state index contributed by atoms with van der Waals surface area (Å²) in [6.45, 7) is 2.17. The molecule has 3 N–H and O–H groups in total. The van der Waals surface area contributed by atoms with Crippen LogP contribution in [0.15, 0.2) is 34.8 Å². The maximum absolute atomic E-state index is 5.74. The van der Waals surface area contributed by atoms with Gasteiger partial charge in [-0.3, -0.25) is 11.3 Å². The van der Waals surface area contributed by atoms with E-state index in [0.717, 1.165) is 28.6 Å². The smallest absolute Gasteiger partial charge is 0.124 e. The zero-order chi connectivity index (χ0) is 14.5. The van der Waals surface area contributed by atoms with Crippen LogP contribution in [0.1, 0.15) is 28.3 Å². The van der Waals surface area contributed by atoms with Crippen LogP contribution in [0.25, 0.3) is 0 Å². The average Bonchev–Trinajstić information content (AvgIpc) is 2.92. The predicted molar refractivity (Wildman–Crippen MR) is 88.2 cm³/mol. The SMILES string of the molecule is CCc1ccc(CC(NN)c2ccc(Br)cc2OC)s1. The third-order valence-electron chi connectivity index (χ3n) is 3.24. The topological polar surface area (TPSA) is 47.3 Å². The Morgan fingerprint density at radius 1 is 1.30 bits per heavy atom. The Balaban J connectivity index is 2.23. The molecule has 0 spiro atoms. The van der Waals surface area contributed by atoms with Crippen molar-refractivity contribution in [2.75, 3.05) is 7.11 Å². The van der Waals surface area contributed by atoms with E-state index in [1.54, 1.807) is 7.11 Å². The summed E-state index contributed by atoms with van der Waals surface area (Å²) in [5.41, 5.74) is 3.97. The molecular formula is C15H19BrN2OS. The maximum Gasteiger partial charge on any atom is 0.124 e. The molecule has 0 aliphatic heterocycles. The zero-order valence-electron chi connectivity index (χ0n) is 11.7. The van der Waals surface area contributed by atoms with Gasteiger partial charge in [-0.15, -0.1) is 11.3 Å². The van der Waals surface area contributed by atoms with Crippen molar-refractivity contribution in [3.8, 4) is 5.75 Å². The van der Waals surface area contributed by atoms with Gasteiger partial charge in [0.15, 0.2) is 0 Å². The fourth-order valence-electron chi connectivity index (χ4n) is 2.15. The monoisotopic (exact) mass is 354 g/mol. The lowest BCUT2D eigenvalue weighted by molar-refractivity contribution is 0.399. The van der Waals surface area contributed by atoms with Crippen LogP contribution in [-0.2, 0) is 12.8 Å². The van der Waals surface area contributed by atoms with Gasteiger partial charge in [-0.2, -0.15) is 0 Å². The van der Waals surface area contributed by atoms with E-state index >= 15 is 0 Å². The van der Waals surface area contributed by atoms with E-state index in [9.17, 15) is 0 Å². The van der Waals surface area contributed by atoms with Gasteiger partial charge in [-0.1, -0.05) is 28.9 Å². The highest BCUT2D eigenvalue weighted by Crippen LogP contribution is 2.31. The van der Waals surface area contributed by atoms with Crippen molar-refractivity contribution < 1.29 is 4.74 Å². The van der Waals surface area contributed by atoms with Crippen molar-refractivity contribution in [1.82, 2.24) is 5.43 Å². The van der Waals surface area contributed by atoms with E-state index in [2.05, 4.69) is 40.4 Å². The van der Waals surface area contributed by atoms with Crippen LogP contribution < -0.4 is 16.0 Å². The van der Waals surface area contributed by atoms with Crippen molar-refractivity contribution in [1.29, 1.82) is 0 Å². The van der Waals surface area contributed by atoms with Crippen molar-refractivity contribution >= 4 is 27.3 Å². The van der Waals surface area contributed by atoms with Crippen LogP contribution >= 0.6 is 27.3 Å². The summed E-state index contributed by atoms with van der Waals surface area (Å²) < 4.78 is 6.45. The van der Waals surface area contributed by atoms with Gasteiger partial charge in [0.05, 0.1) is 13.2 Å². The second kappa shape index (κ2) is 7.22. The highest BCUT2D eigenvalue weighted by Gasteiger charge is 2.16. The summed E-state index contributed by atoms with van der Waals surface area (Å²) in [6, 6.07) is 10.4. The number of nitrogens with two attached hydrogens (primary N) is 1. The molecule has 0 aliphatic carbocycles. The first kappa shape index (κ1) is 15.5. The van der Waals surface area contributed by atoms with E-state index in [4.69, 9.17) is 10.6 Å². The Bertz CT molecular complexity index is 571. The van der Waals surface area contributed by atoms with Crippen LogP contribution in [0.2, 0.25) is 0 Å². The highest BCUT2D eigenvalue weighted by atomic mass is 79.9. The lowest BCUT2D eigenvalue weighted by Gasteiger charge is -2.18. The summed E-state index contributed by atoms with van der Waals surface area (Å²) in [7, 11) is 1.68. The fraction of sp³-hybridized carbons (Fsp3) is 0.333. The number of hydrazine groups is 1. The van der Waals surface area contributed by atoms with Crippen LogP contribution in [0.5, 0.6) is 5.75 Å². The number of aryl methyl sites for hydroxylation is 1. The molecule has 0 saturated heterocycles. The minimum Gasteiger partial charge on any atom is -0.496 e. The van der Waals surface area contributed by atoms with Gasteiger partial charge < -0.3 is 4.74 Å². The molecule has 1 unspecified atom stereocenters. The van der Waals surface area contributed by atoms with Gasteiger partial charge in [-0.25, -0.2) is 0 Å². The molecule has 2 rings (SSSR count). The Morgan fingerprint density at radius 2 is 2.05 bits per heavy atom. The van der Waals surface area contributed by atoms with Gasteiger partial charge in [0, 0.05) is 26.2 Å². The Kier molecular flexibility index (Phi) is 5.60. The number of nitrogens with one attached hydrogen (secondary N) is 1. The number of hydrogen-bond donors (Lipinski definition) is 2. The van der Waals surface area contributed by atoms with Crippen LogP contribution in [0, 0.1) is 0 Å². The van der Waals surface area contributed by atoms with Gasteiger partial charge in [-0.05, 0) is 30.7 Å². The normalized spacial score (nSPS) is 12.4. The number of thiophene rings is 1. The summed E-state index contributed by atoms with van der Waals surface area (Å²) in [6.07, 6.45) is 1.94.